The number of carbonyl (C=O) groups excluding carboxylic acids is 1. The first-order valence-corrected chi connectivity index (χ1v) is 9.87. The van der Waals surface area contributed by atoms with E-state index in [-0.39, 0.29) is 22.7 Å². The van der Waals surface area contributed by atoms with Crippen molar-refractivity contribution in [2.45, 2.75) is 18.7 Å². The number of sulfonamides is 1. The number of anilines is 1. The van der Waals surface area contributed by atoms with E-state index < -0.39 is 10.0 Å². The zero-order valence-corrected chi connectivity index (χ0v) is 16.7. The molecule has 0 saturated heterocycles. The number of benzene rings is 2. The Morgan fingerprint density at radius 2 is 1.61 bits per heavy atom. The van der Waals surface area contributed by atoms with Gasteiger partial charge >= 0.3 is 6.01 Å². The van der Waals surface area contributed by atoms with Crippen LogP contribution in [0, 0.1) is 13.8 Å². The molecule has 1 heterocycles. The van der Waals surface area contributed by atoms with Gasteiger partial charge in [-0.15, -0.1) is 5.10 Å². The summed E-state index contributed by atoms with van der Waals surface area (Å²) in [7, 11) is -0.586. The maximum Gasteiger partial charge on any atom is 0.322 e. The monoisotopic (exact) mass is 400 g/mol. The second-order valence-corrected chi connectivity index (χ2v) is 8.71. The van der Waals surface area contributed by atoms with Gasteiger partial charge in [0.1, 0.15) is 0 Å². The van der Waals surface area contributed by atoms with E-state index in [2.05, 4.69) is 15.5 Å². The Kier molecular flexibility index (Phi) is 5.30. The van der Waals surface area contributed by atoms with Crippen LogP contribution in [0.15, 0.2) is 51.8 Å². The standard InChI is InChI=1S/C19H20N4O4S/c1-12-9-13(2)11-15(10-12)17(24)20-19-22-21-18(27-19)14-5-7-16(8-6-14)28(25,26)23(3)4/h5-11H,1-4H3,(H,20,22,24). The highest BCUT2D eigenvalue weighted by Crippen LogP contribution is 2.23. The van der Waals surface area contributed by atoms with E-state index >= 15 is 0 Å². The fraction of sp³-hybridized carbons (Fsp3) is 0.211. The third-order valence-electron chi connectivity index (χ3n) is 4.01. The molecule has 1 N–H and O–H groups in total. The summed E-state index contributed by atoms with van der Waals surface area (Å²) in [5, 5.41) is 10.3. The zero-order chi connectivity index (χ0) is 20.5. The predicted molar refractivity (Wildman–Crippen MR) is 104 cm³/mol. The van der Waals surface area contributed by atoms with Crippen LogP contribution in [0.25, 0.3) is 11.5 Å². The van der Waals surface area contributed by atoms with Crippen molar-refractivity contribution in [1.82, 2.24) is 14.5 Å². The van der Waals surface area contributed by atoms with Gasteiger partial charge in [0.25, 0.3) is 5.91 Å². The lowest BCUT2D eigenvalue weighted by Gasteiger charge is -2.11. The molecule has 1 amide bonds. The second kappa shape index (κ2) is 7.53. The molecule has 0 unspecified atom stereocenters. The van der Waals surface area contributed by atoms with E-state index in [0.29, 0.717) is 11.1 Å². The van der Waals surface area contributed by atoms with Crippen molar-refractivity contribution in [2.75, 3.05) is 19.4 Å². The van der Waals surface area contributed by atoms with E-state index in [0.717, 1.165) is 15.4 Å². The number of hydrogen-bond donors (Lipinski definition) is 1. The van der Waals surface area contributed by atoms with Gasteiger partial charge in [-0.3, -0.25) is 10.1 Å². The fourth-order valence-electron chi connectivity index (χ4n) is 2.65. The van der Waals surface area contributed by atoms with Crippen molar-refractivity contribution in [3.63, 3.8) is 0 Å². The van der Waals surface area contributed by atoms with Gasteiger partial charge in [-0.1, -0.05) is 22.3 Å². The highest BCUT2D eigenvalue weighted by Gasteiger charge is 2.18. The molecule has 1 aromatic heterocycles. The smallest absolute Gasteiger partial charge is 0.322 e. The molecule has 3 aromatic rings. The van der Waals surface area contributed by atoms with Gasteiger partial charge in [0.2, 0.25) is 15.9 Å². The number of nitrogens with one attached hydrogen (secondary N) is 1. The maximum atomic E-state index is 12.4. The van der Waals surface area contributed by atoms with Crippen LogP contribution < -0.4 is 5.32 Å². The van der Waals surface area contributed by atoms with Crippen molar-refractivity contribution >= 4 is 21.9 Å². The molecule has 0 fully saturated rings. The number of aromatic nitrogens is 2. The molecule has 9 heteroatoms. The summed E-state index contributed by atoms with van der Waals surface area (Å²) < 4.78 is 30.8. The fourth-order valence-corrected chi connectivity index (χ4v) is 3.55. The molecule has 0 aliphatic heterocycles. The van der Waals surface area contributed by atoms with Crippen LogP contribution in [0.1, 0.15) is 21.5 Å². The lowest BCUT2D eigenvalue weighted by molar-refractivity contribution is 0.102. The van der Waals surface area contributed by atoms with E-state index in [1.54, 1.807) is 24.3 Å². The van der Waals surface area contributed by atoms with Gasteiger partial charge in [0.15, 0.2) is 0 Å². The molecule has 0 aliphatic rings. The zero-order valence-electron chi connectivity index (χ0n) is 15.9. The SMILES string of the molecule is Cc1cc(C)cc(C(=O)Nc2nnc(-c3ccc(S(=O)(=O)N(C)C)cc3)o2)c1. The van der Waals surface area contributed by atoms with Crippen LogP contribution in [0.4, 0.5) is 6.01 Å². The summed E-state index contributed by atoms with van der Waals surface area (Å²) in [6.45, 7) is 3.82. The van der Waals surface area contributed by atoms with E-state index in [4.69, 9.17) is 4.42 Å². The first-order valence-electron chi connectivity index (χ1n) is 8.43. The summed E-state index contributed by atoms with van der Waals surface area (Å²) in [6, 6.07) is 11.5. The summed E-state index contributed by atoms with van der Waals surface area (Å²) in [5.74, 6) is -0.182. The van der Waals surface area contributed by atoms with Crippen molar-refractivity contribution < 1.29 is 17.6 Å². The van der Waals surface area contributed by atoms with Crippen molar-refractivity contribution in [2.24, 2.45) is 0 Å². The topological polar surface area (TPSA) is 105 Å². The molecule has 0 bridgehead atoms. The molecule has 3 rings (SSSR count). The number of rotatable bonds is 5. The number of hydrogen-bond acceptors (Lipinski definition) is 6. The number of nitrogens with zero attached hydrogens (tertiary/aromatic N) is 3. The molecular formula is C19H20N4O4S. The third-order valence-corrected chi connectivity index (χ3v) is 5.84. The van der Waals surface area contributed by atoms with Gasteiger partial charge < -0.3 is 4.42 Å². The summed E-state index contributed by atoms with van der Waals surface area (Å²) in [5.41, 5.74) is 2.99. The Labute approximate surface area is 163 Å². The van der Waals surface area contributed by atoms with Gasteiger partial charge in [-0.05, 0) is 50.2 Å². The maximum absolute atomic E-state index is 12.4. The van der Waals surface area contributed by atoms with Crippen LogP contribution in [-0.2, 0) is 10.0 Å². The highest BCUT2D eigenvalue weighted by atomic mass is 32.2. The molecule has 8 nitrogen and oxygen atoms in total. The highest BCUT2D eigenvalue weighted by molar-refractivity contribution is 7.89. The molecule has 0 aliphatic carbocycles. The molecule has 0 saturated carbocycles. The first-order chi connectivity index (χ1) is 13.2. The van der Waals surface area contributed by atoms with Crippen LogP contribution in [0.2, 0.25) is 0 Å². The number of carbonyl (C=O) groups is 1. The minimum absolute atomic E-state index is 0.0378. The number of amides is 1. The number of aryl methyl sites for hydroxylation is 2. The van der Waals surface area contributed by atoms with Crippen molar-refractivity contribution in [1.29, 1.82) is 0 Å². The molecule has 146 valence electrons. The summed E-state index contributed by atoms with van der Waals surface area (Å²) in [6.07, 6.45) is 0. The van der Waals surface area contributed by atoms with Crippen molar-refractivity contribution in [3.05, 3.63) is 59.2 Å². The molecule has 28 heavy (non-hydrogen) atoms. The average Bonchev–Trinajstić information content (AvgIpc) is 3.09. The molecular weight excluding hydrogens is 380 g/mol. The van der Waals surface area contributed by atoms with Gasteiger partial charge in [-0.25, -0.2) is 12.7 Å². The molecule has 2 aromatic carbocycles. The van der Waals surface area contributed by atoms with Crippen LogP contribution in [0.3, 0.4) is 0 Å². The third kappa shape index (κ3) is 4.10. The Hall–Kier alpha value is -3.04. The minimum Gasteiger partial charge on any atom is -0.403 e. The first kappa shape index (κ1) is 19.7. The Morgan fingerprint density at radius 3 is 2.18 bits per heavy atom. The van der Waals surface area contributed by atoms with Crippen LogP contribution >= 0.6 is 0 Å². The summed E-state index contributed by atoms with van der Waals surface area (Å²) >= 11 is 0. The normalized spacial score (nSPS) is 11.6. The van der Waals surface area contributed by atoms with E-state index in [9.17, 15) is 13.2 Å². The molecule has 0 spiro atoms. The second-order valence-electron chi connectivity index (χ2n) is 6.55. The lowest BCUT2D eigenvalue weighted by Crippen LogP contribution is -2.22. The van der Waals surface area contributed by atoms with Gasteiger partial charge in [-0.2, -0.15) is 0 Å². The average molecular weight is 400 g/mol. The Morgan fingerprint density at radius 1 is 1.00 bits per heavy atom. The van der Waals surface area contributed by atoms with E-state index in [1.807, 2.05) is 19.9 Å². The van der Waals surface area contributed by atoms with Gasteiger partial charge in [0, 0.05) is 25.2 Å². The largest absolute Gasteiger partial charge is 0.403 e. The minimum atomic E-state index is -3.51. The molecule has 0 radical (unpaired) electrons. The van der Waals surface area contributed by atoms with Crippen LogP contribution in [0.5, 0.6) is 0 Å². The Balaban J connectivity index is 1.78. The quantitative estimate of drug-likeness (QED) is 0.706. The predicted octanol–water partition coefficient (Wildman–Crippen LogP) is 2.86. The van der Waals surface area contributed by atoms with Gasteiger partial charge in [0.05, 0.1) is 4.90 Å². The Bertz CT molecular complexity index is 1100. The van der Waals surface area contributed by atoms with Crippen LogP contribution in [-0.4, -0.2) is 42.9 Å². The summed E-state index contributed by atoms with van der Waals surface area (Å²) in [4.78, 5) is 12.5. The lowest BCUT2D eigenvalue weighted by atomic mass is 10.1. The van der Waals surface area contributed by atoms with E-state index in [1.165, 1.54) is 26.2 Å². The molecule has 0 atom stereocenters. The van der Waals surface area contributed by atoms with Crippen molar-refractivity contribution in [3.8, 4) is 11.5 Å².